The molecule has 11 nitrogen and oxygen atoms in total. The molecule has 5 atom stereocenters. The Labute approximate surface area is 251 Å². The average Bonchev–Trinajstić information content (AvgIpc) is 3.58. The monoisotopic (exact) mass is 596 g/mol. The molecule has 0 saturated carbocycles. The number of hydrogen-bond acceptors (Lipinski definition) is 10. The van der Waals surface area contributed by atoms with Crippen LogP contribution in [0.15, 0.2) is 45.7 Å². The smallest absolute Gasteiger partial charge is 0.353 e. The van der Waals surface area contributed by atoms with Crippen LogP contribution in [0.3, 0.4) is 0 Å². The maximum absolute atomic E-state index is 13.1. The second-order valence-electron chi connectivity index (χ2n) is 12.0. The van der Waals surface area contributed by atoms with Gasteiger partial charge < -0.3 is 30.1 Å². The van der Waals surface area contributed by atoms with Crippen LogP contribution in [0.1, 0.15) is 72.1 Å². The van der Waals surface area contributed by atoms with E-state index in [1.54, 1.807) is 6.20 Å². The number of rotatable bonds is 13. The summed E-state index contributed by atoms with van der Waals surface area (Å²) >= 11 is 0. The molecular formula is C32H44N4O7. The summed E-state index contributed by atoms with van der Waals surface area (Å²) in [5.74, 6) is -0.870. The maximum atomic E-state index is 13.1. The third-order valence-electron chi connectivity index (χ3n) is 7.87. The van der Waals surface area contributed by atoms with Gasteiger partial charge in [-0.05, 0) is 36.3 Å². The number of aromatic nitrogens is 2. The molecule has 2 aromatic heterocycles. The fourth-order valence-electron chi connectivity index (χ4n) is 4.87. The summed E-state index contributed by atoms with van der Waals surface area (Å²) in [4.78, 5) is 42.3. The highest BCUT2D eigenvalue weighted by atomic mass is 16.6. The van der Waals surface area contributed by atoms with Gasteiger partial charge >= 0.3 is 17.6 Å². The van der Waals surface area contributed by atoms with Crippen LogP contribution < -0.4 is 17.2 Å². The number of carbonyl (C=O) groups is 2. The van der Waals surface area contributed by atoms with E-state index in [1.165, 1.54) is 23.0 Å². The highest BCUT2D eigenvalue weighted by Gasteiger charge is 2.41. The quantitative estimate of drug-likeness (QED) is 0.217. The molecule has 2 unspecified atom stereocenters. The molecule has 1 fully saturated rings. The fourth-order valence-corrected chi connectivity index (χ4v) is 4.87. The van der Waals surface area contributed by atoms with Crippen LogP contribution in [-0.2, 0) is 30.2 Å². The van der Waals surface area contributed by atoms with E-state index >= 15 is 0 Å². The van der Waals surface area contributed by atoms with Crippen molar-refractivity contribution in [3.05, 3.63) is 52.6 Å². The summed E-state index contributed by atoms with van der Waals surface area (Å²) in [6.45, 7) is 9.23. The number of aryl methyl sites for hydroxylation is 1. The van der Waals surface area contributed by atoms with Crippen LogP contribution in [0.2, 0.25) is 0 Å². The second kappa shape index (κ2) is 14.3. The number of ether oxygens (including phenoxy) is 3. The first-order valence-electron chi connectivity index (χ1n) is 15.1. The summed E-state index contributed by atoms with van der Waals surface area (Å²) in [6, 6.07) is 8.36. The second-order valence-corrected chi connectivity index (χ2v) is 12.0. The Hall–Kier alpha value is -3.54. The van der Waals surface area contributed by atoms with Gasteiger partial charge in [0.15, 0.2) is 0 Å². The van der Waals surface area contributed by atoms with Gasteiger partial charge in [0.25, 0.3) is 0 Å². The van der Waals surface area contributed by atoms with Crippen molar-refractivity contribution >= 4 is 23.0 Å². The third-order valence-corrected chi connectivity index (χ3v) is 7.87. The summed E-state index contributed by atoms with van der Waals surface area (Å²) in [5.41, 5.74) is 13.7. The molecule has 0 aliphatic carbocycles. The molecule has 11 heteroatoms. The Balaban J connectivity index is 1.54. The number of furan rings is 1. The predicted octanol–water partition coefficient (Wildman–Crippen LogP) is 4.10. The largest absolute Gasteiger partial charge is 0.462 e. The summed E-state index contributed by atoms with van der Waals surface area (Å²) in [6.07, 6.45) is 3.82. The minimum atomic E-state index is -0.841. The predicted molar refractivity (Wildman–Crippen MR) is 162 cm³/mol. The van der Waals surface area contributed by atoms with E-state index in [0.29, 0.717) is 11.1 Å². The van der Waals surface area contributed by atoms with Gasteiger partial charge in [0, 0.05) is 18.2 Å². The number of hydrogen-bond donors (Lipinski definition) is 2. The lowest BCUT2D eigenvalue weighted by molar-refractivity contribution is -0.161. The van der Waals surface area contributed by atoms with Crippen LogP contribution in [0.25, 0.3) is 22.4 Å². The van der Waals surface area contributed by atoms with Gasteiger partial charge in [0.05, 0.1) is 5.39 Å². The molecule has 0 radical (unpaired) electrons. The lowest BCUT2D eigenvalue weighted by Gasteiger charge is -2.22. The molecule has 234 valence electrons. The normalized spacial score (nSPS) is 20.1. The first kappa shape index (κ1) is 32.4. The van der Waals surface area contributed by atoms with Crippen molar-refractivity contribution in [3.63, 3.8) is 0 Å². The standard InChI is InChI=1S/C32H44N4O7/c1-6-7-8-9-20-10-12-21(13-11-20)23-14-22-16-36(32(39)35-29(22)42-23)26-15-24(43-31(38)28(34)19(4)5)25(41-26)17-40-30(37)27(33)18(2)3/h10-14,16,18-19,24-28H,6-9,15,17,33-34H2,1-5H3/t24-,25-,26-,27?,28?/m1/s1. The first-order chi connectivity index (χ1) is 20.5. The van der Waals surface area contributed by atoms with Gasteiger partial charge in [-0.15, -0.1) is 0 Å². The Morgan fingerprint density at radius 2 is 1.72 bits per heavy atom. The minimum absolute atomic E-state index is 0.123. The molecule has 3 aromatic rings. The number of nitrogens with zero attached hydrogens (tertiary/aromatic N) is 2. The zero-order valence-electron chi connectivity index (χ0n) is 25.7. The topological polar surface area (TPSA) is 162 Å². The molecule has 4 rings (SSSR count). The van der Waals surface area contributed by atoms with Crippen LogP contribution in [0.5, 0.6) is 0 Å². The lowest BCUT2D eigenvalue weighted by atomic mass is 10.0. The maximum Gasteiger partial charge on any atom is 0.353 e. The summed E-state index contributed by atoms with van der Waals surface area (Å²) in [5, 5.41) is 0.610. The van der Waals surface area contributed by atoms with Crippen molar-refractivity contribution in [3.8, 4) is 11.3 Å². The van der Waals surface area contributed by atoms with Crippen molar-refractivity contribution in [1.29, 1.82) is 0 Å². The average molecular weight is 597 g/mol. The zero-order valence-corrected chi connectivity index (χ0v) is 25.7. The Bertz CT molecular complexity index is 1450. The van der Waals surface area contributed by atoms with Gasteiger partial charge in [-0.3, -0.25) is 14.2 Å². The molecule has 1 aromatic carbocycles. The van der Waals surface area contributed by atoms with Gasteiger partial charge in [-0.25, -0.2) is 4.79 Å². The van der Waals surface area contributed by atoms with E-state index < -0.39 is 48.1 Å². The van der Waals surface area contributed by atoms with Gasteiger partial charge in [-0.2, -0.15) is 4.98 Å². The Kier molecular flexibility index (Phi) is 10.8. The van der Waals surface area contributed by atoms with Crippen LogP contribution in [0.4, 0.5) is 0 Å². The molecule has 0 bridgehead atoms. The van der Waals surface area contributed by atoms with E-state index in [9.17, 15) is 14.4 Å². The molecule has 1 aliphatic rings. The van der Waals surface area contributed by atoms with E-state index in [0.717, 1.165) is 18.4 Å². The van der Waals surface area contributed by atoms with Gasteiger partial charge in [-0.1, -0.05) is 71.7 Å². The number of fused-ring (bicyclic) bond motifs is 1. The van der Waals surface area contributed by atoms with Crippen molar-refractivity contribution < 1.29 is 28.2 Å². The Morgan fingerprint density at radius 1 is 1.05 bits per heavy atom. The van der Waals surface area contributed by atoms with Crippen LogP contribution in [0, 0.1) is 11.8 Å². The molecule has 1 aliphatic heterocycles. The fraction of sp³-hybridized carbons (Fsp3) is 0.562. The van der Waals surface area contributed by atoms with E-state index in [1.807, 2.05) is 45.9 Å². The highest BCUT2D eigenvalue weighted by molar-refractivity contribution is 5.79. The van der Waals surface area contributed by atoms with E-state index in [-0.39, 0.29) is 30.6 Å². The highest BCUT2D eigenvalue weighted by Crippen LogP contribution is 2.33. The molecule has 3 heterocycles. The molecule has 43 heavy (non-hydrogen) atoms. The number of esters is 2. The van der Waals surface area contributed by atoms with E-state index in [4.69, 9.17) is 30.1 Å². The molecular weight excluding hydrogens is 552 g/mol. The summed E-state index contributed by atoms with van der Waals surface area (Å²) < 4.78 is 24.5. The zero-order chi connectivity index (χ0) is 31.3. The van der Waals surface area contributed by atoms with Gasteiger partial charge in [0.2, 0.25) is 5.71 Å². The molecule has 0 amide bonds. The minimum Gasteiger partial charge on any atom is -0.462 e. The number of nitrogens with two attached hydrogens (primary N) is 2. The molecule has 0 spiro atoms. The number of carbonyl (C=O) groups excluding carboxylic acids is 2. The van der Waals surface area contributed by atoms with Crippen LogP contribution >= 0.6 is 0 Å². The van der Waals surface area contributed by atoms with Crippen molar-refractivity contribution in [2.45, 2.75) is 97.2 Å². The molecule has 1 saturated heterocycles. The lowest BCUT2D eigenvalue weighted by Crippen LogP contribution is -2.42. The third kappa shape index (κ3) is 7.90. The first-order valence-corrected chi connectivity index (χ1v) is 15.1. The number of unbranched alkanes of at least 4 members (excludes halogenated alkanes) is 2. The van der Waals surface area contributed by atoms with Crippen molar-refractivity contribution in [1.82, 2.24) is 9.55 Å². The molecule has 4 N–H and O–H groups in total. The summed E-state index contributed by atoms with van der Waals surface area (Å²) in [7, 11) is 0. The van der Waals surface area contributed by atoms with Crippen molar-refractivity contribution in [2.75, 3.05) is 6.61 Å². The van der Waals surface area contributed by atoms with Crippen LogP contribution in [-0.4, -0.2) is 52.4 Å². The Morgan fingerprint density at radius 3 is 2.37 bits per heavy atom. The SMILES string of the molecule is CCCCCc1ccc(-c2cc3cn([C@H]4C[C@@H](OC(=O)C(N)C(C)C)[C@@H](COC(=O)C(N)C(C)C)O4)c(=O)nc3o2)cc1. The van der Waals surface area contributed by atoms with Crippen molar-refractivity contribution in [2.24, 2.45) is 23.3 Å². The van der Waals surface area contributed by atoms with Gasteiger partial charge in [0.1, 0.15) is 42.9 Å². The number of benzene rings is 1. The van der Waals surface area contributed by atoms with E-state index in [2.05, 4.69) is 24.0 Å².